The lowest BCUT2D eigenvalue weighted by atomic mass is 10.2. The van der Waals surface area contributed by atoms with Crippen molar-refractivity contribution in [3.63, 3.8) is 0 Å². The number of halogens is 3. The number of hydrogen-bond donors (Lipinski definition) is 0. The van der Waals surface area contributed by atoms with Crippen molar-refractivity contribution in [3.8, 4) is 5.75 Å². The molecule has 1 aliphatic rings. The first-order chi connectivity index (χ1) is 15.4. The number of carbonyl (C=O) groups excluding carboxylic acids is 2. The Hall–Kier alpha value is -3.16. The topological polar surface area (TPSA) is 46.6 Å². The summed E-state index contributed by atoms with van der Waals surface area (Å²) >= 11 is 6.80. The third-order valence-corrected chi connectivity index (χ3v) is 6.04. The van der Waals surface area contributed by atoms with Gasteiger partial charge in [0.05, 0.1) is 11.4 Å². The molecule has 0 aliphatic carbocycles. The quantitative estimate of drug-likeness (QED) is 0.388. The van der Waals surface area contributed by atoms with Gasteiger partial charge in [0.2, 0.25) is 0 Å². The Morgan fingerprint density at radius 2 is 1.66 bits per heavy atom. The van der Waals surface area contributed by atoms with E-state index in [1.807, 2.05) is 0 Å². The number of nitrogens with zero attached hydrogens (tertiary/aromatic N) is 1. The molecule has 3 aromatic carbocycles. The summed E-state index contributed by atoms with van der Waals surface area (Å²) in [7, 11) is 0. The molecule has 1 fully saturated rings. The molecule has 1 aliphatic heterocycles. The van der Waals surface area contributed by atoms with Crippen molar-refractivity contribution in [3.05, 3.63) is 105 Å². The zero-order valence-corrected chi connectivity index (χ0v) is 18.1. The van der Waals surface area contributed by atoms with Crippen LogP contribution in [-0.2, 0) is 17.9 Å². The molecule has 0 radical (unpaired) electrons. The Bertz CT molecular complexity index is 1190. The molecule has 4 rings (SSSR count). The lowest BCUT2D eigenvalue weighted by Gasteiger charge is -2.14. The SMILES string of the molecule is O=C1S/C(=C\c2ccc(OCc3ccccc3F)cc2)C(=O)N1Cc1c(F)cccc1Cl. The van der Waals surface area contributed by atoms with Crippen molar-refractivity contribution in [1.29, 1.82) is 0 Å². The van der Waals surface area contributed by atoms with Crippen molar-refractivity contribution in [2.45, 2.75) is 13.2 Å². The smallest absolute Gasteiger partial charge is 0.293 e. The molecule has 162 valence electrons. The first kappa shape index (κ1) is 22.0. The van der Waals surface area contributed by atoms with Gasteiger partial charge in [0, 0.05) is 16.1 Å². The van der Waals surface area contributed by atoms with Crippen LogP contribution in [0.3, 0.4) is 0 Å². The van der Waals surface area contributed by atoms with Gasteiger partial charge in [-0.2, -0.15) is 0 Å². The molecule has 3 aromatic rings. The van der Waals surface area contributed by atoms with Crippen LogP contribution >= 0.6 is 23.4 Å². The summed E-state index contributed by atoms with van der Waals surface area (Å²) in [5.74, 6) is -0.894. The number of benzene rings is 3. The number of thioether (sulfide) groups is 1. The lowest BCUT2D eigenvalue weighted by Crippen LogP contribution is -2.28. The highest BCUT2D eigenvalue weighted by molar-refractivity contribution is 8.18. The molecule has 32 heavy (non-hydrogen) atoms. The van der Waals surface area contributed by atoms with Gasteiger partial charge in [0.25, 0.3) is 11.1 Å². The van der Waals surface area contributed by atoms with Crippen LogP contribution < -0.4 is 4.74 Å². The lowest BCUT2D eigenvalue weighted by molar-refractivity contribution is -0.123. The number of carbonyl (C=O) groups is 2. The van der Waals surface area contributed by atoms with E-state index >= 15 is 0 Å². The maximum absolute atomic E-state index is 14.0. The average Bonchev–Trinajstić information content (AvgIpc) is 3.04. The molecule has 4 nitrogen and oxygen atoms in total. The largest absolute Gasteiger partial charge is 0.489 e. The summed E-state index contributed by atoms with van der Waals surface area (Å²) in [6, 6.07) is 17.4. The van der Waals surface area contributed by atoms with Crippen molar-refractivity contribution in [2.24, 2.45) is 0 Å². The summed E-state index contributed by atoms with van der Waals surface area (Å²) in [5, 5.41) is -0.343. The minimum absolute atomic E-state index is 0.0868. The van der Waals surface area contributed by atoms with Gasteiger partial charge >= 0.3 is 0 Å². The van der Waals surface area contributed by atoms with E-state index in [4.69, 9.17) is 16.3 Å². The molecule has 0 unspecified atom stereocenters. The predicted octanol–water partition coefficient (Wildman–Crippen LogP) is 6.43. The van der Waals surface area contributed by atoms with E-state index in [1.54, 1.807) is 48.5 Å². The third-order valence-electron chi connectivity index (χ3n) is 4.78. The zero-order valence-electron chi connectivity index (χ0n) is 16.6. The summed E-state index contributed by atoms with van der Waals surface area (Å²) in [5.41, 5.74) is 1.21. The van der Waals surface area contributed by atoms with Gasteiger partial charge in [-0.05, 0) is 53.7 Å². The van der Waals surface area contributed by atoms with Gasteiger partial charge in [0.1, 0.15) is 24.0 Å². The Morgan fingerprint density at radius 3 is 2.38 bits per heavy atom. The van der Waals surface area contributed by atoms with E-state index in [1.165, 1.54) is 24.3 Å². The minimum atomic E-state index is -0.577. The van der Waals surface area contributed by atoms with Crippen LogP contribution in [0.25, 0.3) is 6.08 Å². The van der Waals surface area contributed by atoms with Crippen LogP contribution in [0.2, 0.25) is 5.02 Å². The monoisotopic (exact) mass is 471 g/mol. The summed E-state index contributed by atoms with van der Waals surface area (Å²) in [6.45, 7) is -0.153. The molecule has 1 heterocycles. The third kappa shape index (κ3) is 4.84. The van der Waals surface area contributed by atoms with Crippen LogP contribution in [0, 0.1) is 11.6 Å². The van der Waals surface area contributed by atoms with E-state index in [2.05, 4.69) is 0 Å². The predicted molar refractivity (Wildman–Crippen MR) is 120 cm³/mol. The number of hydrogen-bond acceptors (Lipinski definition) is 4. The molecule has 1 saturated heterocycles. The molecule has 0 saturated carbocycles. The van der Waals surface area contributed by atoms with E-state index in [0.29, 0.717) is 16.9 Å². The maximum atomic E-state index is 14.0. The highest BCUT2D eigenvalue weighted by Crippen LogP contribution is 2.34. The van der Waals surface area contributed by atoms with E-state index < -0.39 is 17.0 Å². The van der Waals surface area contributed by atoms with Gasteiger partial charge in [-0.25, -0.2) is 8.78 Å². The molecule has 0 aromatic heterocycles. The summed E-state index contributed by atoms with van der Waals surface area (Å²) < 4.78 is 33.3. The highest BCUT2D eigenvalue weighted by Gasteiger charge is 2.35. The second-order valence-corrected chi connectivity index (χ2v) is 8.32. The summed E-state index contributed by atoms with van der Waals surface area (Å²) in [4.78, 5) is 26.2. The van der Waals surface area contributed by atoms with Gasteiger partial charge in [-0.1, -0.05) is 48.0 Å². The molecule has 2 amide bonds. The van der Waals surface area contributed by atoms with Gasteiger partial charge in [-0.15, -0.1) is 0 Å². The standard InChI is InChI=1S/C24H16ClF2NO3S/c25-19-5-3-7-21(27)18(19)13-28-23(29)22(32-24(28)30)12-15-8-10-17(11-9-15)31-14-16-4-1-2-6-20(16)26/h1-12H,13-14H2/b22-12-. The maximum Gasteiger partial charge on any atom is 0.293 e. The van der Waals surface area contributed by atoms with Crippen LogP contribution in [0.5, 0.6) is 5.75 Å². The molecule has 0 atom stereocenters. The normalized spacial score (nSPS) is 15.0. The first-order valence-electron chi connectivity index (χ1n) is 9.57. The molecule has 0 bridgehead atoms. The molecular weight excluding hydrogens is 456 g/mol. The zero-order chi connectivity index (χ0) is 22.7. The van der Waals surface area contributed by atoms with E-state index in [9.17, 15) is 18.4 Å². The van der Waals surface area contributed by atoms with Crippen LogP contribution in [-0.4, -0.2) is 16.0 Å². The van der Waals surface area contributed by atoms with Crippen LogP contribution in [0.15, 0.2) is 71.6 Å². The Morgan fingerprint density at radius 1 is 0.938 bits per heavy atom. The molecule has 0 spiro atoms. The Labute approximate surface area is 192 Å². The number of amides is 2. The fourth-order valence-electron chi connectivity index (χ4n) is 3.07. The number of rotatable bonds is 6. The average molecular weight is 472 g/mol. The number of imide groups is 1. The summed E-state index contributed by atoms with van der Waals surface area (Å²) in [6.07, 6.45) is 1.58. The Kier molecular flexibility index (Phi) is 6.58. The fraction of sp³-hybridized carbons (Fsp3) is 0.0833. The fourth-order valence-corrected chi connectivity index (χ4v) is 4.13. The highest BCUT2D eigenvalue weighted by atomic mass is 35.5. The molecular formula is C24H16ClF2NO3S. The van der Waals surface area contributed by atoms with Crippen molar-refractivity contribution in [1.82, 2.24) is 4.90 Å². The molecule has 8 heteroatoms. The van der Waals surface area contributed by atoms with Gasteiger partial charge in [0.15, 0.2) is 0 Å². The van der Waals surface area contributed by atoms with Crippen molar-refractivity contribution >= 4 is 40.6 Å². The van der Waals surface area contributed by atoms with Crippen molar-refractivity contribution < 1.29 is 23.1 Å². The number of ether oxygens (including phenoxy) is 1. The molecule has 0 N–H and O–H groups in total. The van der Waals surface area contributed by atoms with Crippen molar-refractivity contribution in [2.75, 3.05) is 0 Å². The second kappa shape index (κ2) is 9.54. The van der Waals surface area contributed by atoms with Crippen LogP contribution in [0.1, 0.15) is 16.7 Å². The van der Waals surface area contributed by atoms with Gasteiger partial charge in [-0.3, -0.25) is 14.5 Å². The first-order valence-corrected chi connectivity index (χ1v) is 10.8. The Balaban J connectivity index is 1.44. The van der Waals surface area contributed by atoms with Crippen LogP contribution in [0.4, 0.5) is 13.6 Å². The van der Waals surface area contributed by atoms with Gasteiger partial charge < -0.3 is 4.74 Å². The second-order valence-electron chi connectivity index (χ2n) is 6.92. The van der Waals surface area contributed by atoms with E-state index in [-0.39, 0.29) is 34.5 Å². The minimum Gasteiger partial charge on any atom is -0.489 e. The van der Waals surface area contributed by atoms with E-state index in [0.717, 1.165) is 16.7 Å².